The predicted octanol–water partition coefficient (Wildman–Crippen LogP) is 1.82. The Kier molecular flexibility index (Phi) is 3.74. The molecule has 0 saturated carbocycles. The molecule has 1 aromatic heterocycles. The average molecular weight is 245 g/mol. The fraction of sp³-hybridized carbons (Fsp3) is 0.231. The lowest BCUT2D eigenvalue weighted by Gasteiger charge is -2.09. The lowest BCUT2D eigenvalue weighted by Crippen LogP contribution is -2.12. The zero-order chi connectivity index (χ0) is 13.0. The first kappa shape index (κ1) is 12.3. The van der Waals surface area contributed by atoms with Gasteiger partial charge in [-0.2, -0.15) is 5.10 Å². The van der Waals surface area contributed by atoms with Crippen LogP contribution in [-0.2, 0) is 18.4 Å². The van der Waals surface area contributed by atoms with Crippen LogP contribution in [0.5, 0.6) is 0 Å². The lowest BCUT2D eigenvalue weighted by molar-refractivity contribution is 0.102. The van der Waals surface area contributed by atoms with E-state index >= 15 is 0 Å². The van der Waals surface area contributed by atoms with E-state index in [4.69, 9.17) is 4.74 Å². The van der Waals surface area contributed by atoms with E-state index in [9.17, 15) is 4.79 Å². The van der Waals surface area contributed by atoms with Crippen molar-refractivity contribution in [1.82, 2.24) is 9.78 Å². The third-order valence-corrected chi connectivity index (χ3v) is 2.53. The molecule has 0 bridgehead atoms. The quantitative estimate of drug-likeness (QED) is 0.893. The van der Waals surface area contributed by atoms with E-state index in [1.165, 1.54) is 6.20 Å². The zero-order valence-corrected chi connectivity index (χ0v) is 10.4. The van der Waals surface area contributed by atoms with Crippen LogP contribution < -0.4 is 5.32 Å². The highest BCUT2D eigenvalue weighted by Crippen LogP contribution is 2.16. The van der Waals surface area contributed by atoms with Crippen LogP contribution in [0.1, 0.15) is 15.9 Å². The van der Waals surface area contributed by atoms with Crippen LogP contribution in [0.25, 0.3) is 0 Å². The van der Waals surface area contributed by atoms with Crippen molar-refractivity contribution in [2.75, 3.05) is 12.4 Å². The van der Waals surface area contributed by atoms with Gasteiger partial charge in [-0.3, -0.25) is 9.48 Å². The fourth-order valence-corrected chi connectivity index (χ4v) is 1.66. The molecule has 18 heavy (non-hydrogen) atoms. The zero-order valence-electron chi connectivity index (χ0n) is 10.4. The summed E-state index contributed by atoms with van der Waals surface area (Å²) in [4.78, 5) is 12.0. The summed E-state index contributed by atoms with van der Waals surface area (Å²) in [5.74, 6) is -0.174. The van der Waals surface area contributed by atoms with Gasteiger partial charge < -0.3 is 10.1 Å². The van der Waals surface area contributed by atoms with Crippen LogP contribution in [0.2, 0.25) is 0 Å². The van der Waals surface area contributed by atoms with Gasteiger partial charge in [-0.25, -0.2) is 0 Å². The lowest BCUT2D eigenvalue weighted by atomic mass is 10.2. The summed E-state index contributed by atoms with van der Waals surface area (Å²) in [6, 6.07) is 7.55. The van der Waals surface area contributed by atoms with E-state index in [-0.39, 0.29) is 5.91 Å². The average Bonchev–Trinajstić information content (AvgIpc) is 2.79. The molecule has 0 aliphatic rings. The maximum absolute atomic E-state index is 12.0. The number of hydrogen-bond acceptors (Lipinski definition) is 3. The van der Waals surface area contributed by atoms with Gasteiger partial charge in [0.2, 0.25) is 0 Å². The Balaban J connectivity index is 2.16. The summed E-state index contributed by atoms with van der Waals surface area (Å²) in [6.45, 7) is 0.462. The molecule has 94 valence electrons. The molecule has 1 aromatic carbocycles. The molecule has 5 nitrogen and oxygen atoms in total. The van der Waals surface area contributed by atoms with E-state index in [1.807, 2.05) is 24.3 Å². The molecule has 0 fully saturated rings. The summed E-state index contributed by atoms with van der Waals surface area (Å²) in [6.07, 6.45) is 3.21. The van der Waals surface area contributed by atoms with Crippen molar-refractivity contribution in [3.05, 3.63) is 47.8 Å². The summed E-state index contributed by atoms with van der Waals surface area (Å²) in [5.41, 5.74) is 2.23. The molecular formula is C13H15N3O2. The number of aromatic nitrogens is 2. The third-order valence-electron chi connectivity index (χ3n) is 2.53. The van der Waals surface area contributed by atoms with Crippen molar-refractivity contribution in [1.29, 1.82) is 0 Å². The smallest absolute Gasteiger partial charge is 0.258 e. The second kappa shape index (κ2) is 5.46. The maximum atomic E-state index is 12.0. The van der Waals surface area contributed by atoms with Crippen molar-refractivity contribution < 1.29 is 9.53 Å². The first-order valence-corrected chi connectivity index (χ1v) is 5.57. The molecular weight excluding hydrogens is 230 g/mol. The van der Waals surface area contributed by atoms with Crippen LogP contribution in [-0.4, -0.2) is 22.8 Å². The number of aryl methyl sites for hydroxylation is 1. The molecule has 0 aliphatic carbocycles. The van der Waals surface area contributed by atoms with Gasteiger partial charge in [-0.05, 0) is 6.07 Å². The van der Waals surface area contributed by atoms with E-state index in [2.05, 4.69) is 10.4 Å². The molecule has 1 N–H and O–H groups in total. The molecule has 1 amide bonds. The molecule has 0 atom stereocenters. The number of hydrogen-bond donors (Lipinski definition) is 1. The Morgan fingerprint density at radius 1 is 1.44 bits per heavy atom. The van der Waals surface area contributed by atoms with Crippen LogP contribution in [0, 0.1) is 0 Å². The SMILES string of the molecule is COCc1ccccc1NC(=O)c1cnn(C)c1. The number of benzene rings is 1. The number of ether oxygens (including phenoxy) is 1. The highest BCUT2D eigenvalue weighted by atomic mass is 16.5. The summed E-state index contributed by atoms with van der Waals surface area (Å²) in [7, 11) is 3.40. The summed E-state index contributed by atoms with van der Waals surface area (Å²) < 4.78 is 6.69. The van der Waals surface area contributed by atoms with Gasteiger partial charge in [-0.15, -0.1) is 0 Å². The number of nitrogens with one attached hydrogen (secondary N) is 1. The largest absolute Gasteiger partial charge is 0.380 e. The minimum Gasteiger partial charge on any atom is -0.380 e. The maximum Gasteiger partial charge on any atom is 0.258 e. The Morgan fingerprint density at radius 3 is 2.89 bits per heavy atom. The van der Waals surface area contributed by atoms with Gasteiger partial charge in [-0.1, -0.05) is 18.2 Å². The first-order valence-electron chi connectivity index (χ1n) is 5.57. The van der Waals surface area contributed by atoms with Crippen LogP contribution >= 0.6 is 0 Å². The van der Waals surface area contributed by atoms with Gasteiger partial charge in [0.25, 0.3) is 5.91 Å². The van der Waals surface area contributed by atoms with Crippen molar-refractivity contribution in [2.24, 2.45) is 7.05 Å². The van der Waals surface area contributed by atoms with Gasteiger partial charge >= 0.3 is 0 Å². The number of nitrogens with zero attached hydrogens (tertiary/aromatic N) is 2. The highest BCUT2D eigenvalue weighted by molar-refractivity contribution is 6.04. The third kappa shape index (κ3) is 2.75. The number of carbonyl (C=O) groups excluding carboxylic acids is 1. The van der Waals surface area contributed by atoms with Crippen molar-refractivity contribution >= 4 is 11.6 Å². The summed E-state index contributed by atoms with van der Waals surface area (Å²) >= 11 is 0. The Morgan fingerprint density at radius 2 is 2.22 bits per heavy atom. The number of methoxy groups -OCH3 is 1. The highest BCUT2D eigenvalue weighted by Gasteiger charge is 2.10. The van der Waals surface area contributed by atoms with Crippen LogP contribution in [0.15, 0.2) is 36.7 Å². The van der Waals surface area contributed by atoms with Gasteiger partial charge in [0.05, 0.1) is 18.4 Å². The minimum absolute atomic E-state index is 0.174. The number of anilines is 1. The predicted molar refractivity (Wildman–Crippen MR) is 68.3 cm³/mol. The van der Waals surface area contributed by atoms with E-state index in [0.29, 0.717) is 12.2 Å². The number of rotatable bonds is 4. The number of carbonyl (C=O) groups is 1. The van der Waals surface area contributed by atoms with Crippen LogP contribution in [0.3, 0.4) is 0 Å². The van der Waals surface area contributed by atoms with Crippen molar-refractivity contribution in [2.45, 2.75) is 6.61 Å². The van der Waals surface area contributed by atoms with E-state index in [1.54, 1.807) is 25.0 Å². The van der Waals surface area contributed by atoms with Crippen molar-refractivity contribution in [3.8, 4) is 0 Å². The molecule has 2 rings (SSSR count). The Labute approximate surface area is 105 Å². The van der Waals surface area contributed by atoms with Gasteiger partial charge in [0.1, 0.15) is 0 Å². The number of para-hydroxylation sites is 1. The molecule has 0 aliphatic heterocycles. The Bertz CT molecular complexity index is 549. The van der Waals surface area contributed by atoms with Gasteiger partial charge in [0, 0.05) is 31.6 Å². The normalized spacial score (nSPS) is 10.3. The molecule has 0 saturated heterocycles. The molecule has 5 heteroatoms. The number of amides is 1. The molecule has 0 radical (unpaired) electrons. The van der Waals surface area contributed by atoms with E-state index in [0.717, 1.165) is 11.3 Å². The van der Waals surface area contributed by atoms with Crippen LogP contribution in [0.4, 0.5) is 5.69 Å². The van der Waals surface area contributed by atoms with E-state index < -0.39 is 0 Å². The Hall–Kier alpha value is -2.14. The fourth-order valence-electron chi connectivity index (χ4n) is 1.66. The monoisotopic (exact) mass is 245 g/mol. The van der Waals surface area contributed by atoms with Crippen molar-refractivity contribution in [3.63, 3.8) is 0 Å². The molecule has 0 spiro atoms. The second-order valence-corrected chi connectivity index (χ2v) is 3.95. The first-order chi connectivity index (χ1) is 8.70. The molecule has 0 unspecified atom stereocenters. The summed E-state index contributed by atoms with van der Waals surface area (Å²) in [5, 5.41) is 6.82. The topological polar surface area (TPSA) is 56.1 Å². The standard InChI is InChI=1S/C13H15N3O2/c1-16-8-11(7-14-16)13(17)15-12-6-4-3-5-10(12)9-18-2/h3-8H,9H2,1-2H3,(H,15,17). The van der Waals surface area contributed by atoms with Gasteiger partial charge in [0.15, 0.2) is 0 Å². The minimum atomic E-state index is -0.174. The molecule has 1 heterocycles. The second-order valence-electron chi connectivity index (χ2n) is 3.95. The molecule has 2 aromatic rings.